The molecule has 2 rings (SSSR count). The summed E-state index contributed by atoms with van der Waals surface area (Å²) in [5.41, 5.74) is 2.32. The Balaban J connectivity index is 2.08. The van der Waals surface area contributed by atoms with Crippen LogP contribution in [0.2, 0.25) is 0 Å². The van der Waals surface area contributed by atoms with Gasteiger partial charge < -0.3 is 10.6 Å². The number of pyridine rings is 1. The zero-order valence-corrected chi connectivity index (χ0v) is 12.3. The number of carbonyl (C=O) groups excluding carboxylic acids is 2. The van der Waals surface area contributed by atoms with Crippen molar-refractivity contribution in [3.63, 3.8) is 0 Å². The molecule has 2 aromatic rings. The second-order valence-electron chi connectivity index (χ2n) is 4.69. The van der Waals surface area contributed by atoms with Crippen molar-refractivity contribution in [2.45, 2.75) is 6.92 Å². The fraction of sp³-hybridized carbons (Fsp3) is 0.118. The van der Waals surface area contributed by atoms with Crippen molar-refractivity contribution in [3.8, 4) is 0 Å². The van der Waals surface area contributed by atoms with Gasteiger partial charge in [-0.2, -0.15) is 0 Å². The number of carbonyl (C=O) groups is 2. The maximum Gasteiger partial charge on any atom is 0.274 e. The molecule has 0 radical (unpaired) electrons. The van der Waals surface area contributed by atoms with E-state index in [1.807, 2.05) is 0 Å². The first-order chi connectivity index (χ1) is 10.6. The van der Waals surface area contributed by atoms with E-state index < -0.39 is 0 Å². The third-order valence-electron chi connectivity index (χ3n) is 2.99. The van der Waals surface area contributed by atoms with Gasteiger partial charge in [0.05, 0.1) is 0 Å². The molecule has 5 heteroatoms. The largest absolute Gasteiger partial charge is 0.381 e. The number of anilines is 2. The Labute approximate surface area is 129 Å². The highest BCUT2D eigenvalue weighted by Gasteiger charge is 2.08. The van der Waals surface area contributed by atoms with Gasteiger partial charge >= 0.3 is 0 Å². The smallest absolute Gasteiger partial charge is 0.274 e. The normalized spacial score (nSPS) is 9.86. The highest BCUT2D eigenvalue weighted by molar-refractivity contribution is 6.03. The fourth-order valence-corrected chi connectivity index (χ4v) is 1.84. The summed E-state index contributed by atoms with van der Waals surface area (Å²) in [5, 5.41) is 5.84. The molecule has 1 amide bonds. The van der Waals surface area contributed by atoms with Gasteiger partial charge in [-0.25, -0.2) is 0 Å². The molecule has 0 bridgehead atoms. The molecule has 2 N–H and O–H groups in total. The van der Waals surface area contributed by atoms with E-state index in [0.717, 1.165) is 5.69 Å². The van der Waals surface area contributed by atoms with E-state index in [2.05, 4.69) is 22.2 Å². The summed E-state index contributed by atoms with van der Waals surface area (Å²) < 4.78 is 0. The molecule has 112 valence electrons. The average Bonchev–Trinajstić information content (AvgIpc) is 2.53. The first-order valence-corrected chi connectivity index (χ1v) is 6.83. The molecule has 0 spiro atoms. The summed E-state index contributed by atoms with van der Waals surface area (Å²) in [6.45, 7) is 5.74. The van der Waals surface area contributed by atoms with Crippen molar-refractivity contribution < 1.29 is 9.59 Å². The zero-order chi connectivity index (χ0) is 15.9. The second-order valence-corrected chi connectivity index (χ2v) is 4.69. The summed E-state index contributed by atoms with van der Waals surface area (Å²) in [6, 6.07) is 10.2. The number of rotatable bonds is 6. The van der Waals surface area contributed by atoms with Crippen LogP contribution >= 0.6 is 0 Å². The SMILES string of the molecule is C=CCNc1ccnc(C(=O)Nc2ccc(C(C)=O)cc2)c1. The number of hydrogen-bond acceptors (Lipinski definition) is 4. The lowest BCUT2D eigenvalue weighted by molar-refractivity contribution is 0.101. The molecule has 0 aliphatic carbocycles. The standard InChI is InChI=1S/C17H17N3O2/c1-3-9-18-15-8-10-19-16(11-15)17(22)20-14-6-4-13(5-7-14)12(2)21/h3-8,10-11H,1,9H2,2H3,(H,18,19)(H,20,22). The molecule has 0 saturated heterocycles. The molecule has 0 atom stereocenters. The Bertz CT molecular complexity index is 693. The third-order valence-corrected chi connectivity index (χ3v) is 2.99. The summed E-state index contributed by atoms with van der Waals surface area (Å²) >= 11 is 0. The number of Topliss-reactive ketones (excluding diaryl/α,β-unsaturated/α-hetero) is 1. The van der Waals surface area contributed by atoms with Gasteiger partial charge in [-0.3, -0.25) is 14.6 Å². The molecular weight excluding hydrogens is 278 g/mol. The van der Waals surface area contributed by atoms with Gasteiger partial charge in [-0.15, -0.1) is 6.58 Å². The van der Waals surface area contributed by atoms with Crippen molar-refractivity contribution in [2.24, 2.45) is 0 Å². The number of ketones is 1. The lowest BCUT2D eigenvalue weighted by Gasteiger charge is -2.07. The van der Waals surface area contributed by atoms with E-state index in [1.54, 1.807) is 48.7 Å². The first-order valence-electron chi connectivity index (χ1n) is 6.83. The monoisotopic (exact) mass is 295 g/mol. The maximum absolute atomic E-state index is 12.2. The topological polar surface area (TPSA) is 71.1 Å². The predicted octanol–water partition coefficient (Wildman–Crippen LogP) is 3.13. The van der Waals surface area contributed by atoms with Gasteiger partial charge in [-0.05, 0) is 43.3 Å². The van der Waals surface area contributed by atoms with Gasteiger partial charge in [0.1, 0.15) is 5.69 Å². The van der Waals surface area contributed by atoms with Crippen LogP contribution in [0.4, 0.5) is 11.4 Å². The summed E-state index contributed by atoms with van der Waals surface area (Å²) in [4.78, 5) is 27.4. The first kappa shape index (κ1) is 15.4. The molecule has 0 aliphatic heterocycles. The summed E-state index contributed by atoms with van der Waals surface area (Å²) in [6.07, 6.45) is 3.30. The lowest BCUT2D eigenvalue weighted by atomic mass is 10.1. The highest BCUT2D eigenvalue weighted by atomic mass is 16.2. The molecule has 5 nitrogen and oxygen atoms in total. The van der Waals surface area contributed by atoms with E-state index >= 15 is 0 Å². The van der Waals surface area contributed by atoms with Crippen molar-refractivity contribution in [1.29, 1.82) is 0 Å². The van der Waals surface area contributed by atoms with Crippen LogP contribution in [-0.2, 0) is 0 Å². The van der Waals surface area contributed by atoms with Crippen LogP contribution in [0, 0.1) is 0 Å². The molecule has 0 unspecified atom stereocenters. The van der Waals surface area contributed by atoms with Crippen LogP contribution in [-0.4, -0.2) is 23.2 Å². The molecule has 1 aromatic carbocycles. The molecule has 0 fully saturated rings. The summed E-state index contributed by atoms with van der Waals surface area (Å²) in [5.74, 6) is -0.321. The van der Waals surface area contributed by atoms with E-state index in [1.165, 1.54) is 6.92 Å². The van der Waals surface area contributed by atoms with Crippen LogP contribution in [0.1, 0.15) is 27.8 Å². The van der Waals surface area contributed by atoms with Crippen LogP contribution in [0.3, 0.4) is 0 Å². The molecule has 1 aromatic heterocycles. The quantitative estimate of drug-likeness (QED) is 0.634. The minimum absolute atomic E-state index is 0.0134. The van der Waals surface area contributed by atoms with Crippen LogP contribution < -0.4 is 10.6 Å². The van der Waals surface area contributed by atoms with E-state index in [9.17, 15) is 9.59 Å². The maximum atomic E-state index is 12.2. The Kier molecular flexibility index (Phi) is 5.03. The van der Waals surface area contributed by atoms with E-state index in [4.69, 9.17) is 0 Å². The van der Waals surface area contributed by atoms with Crippen molar-refractivity contribution in [3.05, 3.63) is 66.5 Å². The highest BCUT2D eigenvalue weighted by Crippen LogP contribution is 2.13. The minimum atomic E-state index is -0.308. The summed E-state index contributed by atoms with van der Waals surface area (Å²) in [7, 11) is 0. The van der Waals surface area contributed by atoms with Crippen molar-refractivity contribution >= 4 is 23.1 Å². The average molecular weight is 295 g/mol. The molecule has 1 heterocycles. The van der Waals surface area contributed by atoms with E-state index in [-0.39, 0.29) is 11.7 Å². The number of nitrogens with zero attached hydrogens (tertiary/aromatic N) is 1. The Hall–Kier alpha value is -2.95. The van der Waals surface area contributed by atoms with Crippen LogP contribution in [0.5, 0.6) is 0 Å². The molecule has 22 heavy (non-hydrogen) atoms. The van der Waals surface area contributed by atoms with Gasteiger partial charge in [-0.1, -0.05) is 6.08 Å². The number of amides is 1. The van der Waals surface area contributed by atoms with E-state index in [0.29, 0.717) is 23.5 Å². The fourth-order valence-electron chi connectivity index (χ4n) is 1.84. The Morgan fingerprint density at radius 2 is 1.91 bits per heavy atom. The van der Waals surface area contributed by atoms with Crippen LogP contribution in [0.25, 0.3) is 0 Å². The number of benzene rings is 1. The number of aromatic nitrogens is 1. The zero-order valence-electron chi connectivity index (χ0n) is 12.3. The van der Waals surface area contributed by atoms with Crippen LogP contribution in [0.15, 0.2) is 55.3 Å². The van der Waals surface area contributed by atoms with Gasteiger partial charge in [0.2, 0.25) is 0 Å². The number of hydrogen-bond donors (Lipinski definition) is 2. The van der Waals surface area contributed by atoms with Crippen molar-refractivity contribution in [2.75, 3.05) is 17.2 Å². The third kappa shape index (κ3) is 4.02. The molecule has 0 saturated carbocycles. The molecular formula is C17H17N3O2. The number of nitrogens with one attached hydrogen (secondary N) is 2. The Morgan fingerprint density at radius 1 is 1.18 bits per heavy atom. The molecule has 0 aliphatic rings. The van der Waals surface area contributed by atoms with Gasteiger partial charge in [0.15, 0.2) is 5.78 Å². The second kappa shape index (κ2) is 7.17. The van der Waals surface area contributed by atoms with Crippen molar-refractivity contribution in [1.82, 2.24) is 4.98 Å². The van der Waals surface area contributed by atoms with Gasteiger partial charge in [0, 0.05) is 29.7 Å². The minimum Gasteiger partial charge on any atom is -0.381 e. The predicted molar refractivity (Wildman–Crippen MR) is 87.3 cm³/mol. The van der Waals surface area contributed by atoms with Gasteiger partial charge in [0.25, 0.3) is 5.91 Å². The Morgan fingerprint density at radius 3 is 2.55 bits per heavy atom. The lowest BCUT2D eigenvalue weighted by Crippen LogP contribution is -2.14.